The van der Waals surface area contributed by atoms with Crippen molar-refractivity contribution in [1.29, 1.82) is 0 Å². The molecule has 124 valence electrons. The summed E-state index contributed by atoms with van der Waals surface area (Å²) < 4.78 is 5.07. The van der Waals surface area contributed by atoms with Gasteiger partial charge in [-0.15, -0.1) is 0 Å². The number of epoxide rings is 1. The minimum Gasteiger partial charge on any atom is -0.479 e. The zero-order valence-electron chi connectivity index (χ0n) is 13.0. The topological polar surface area (TPSA) is 49.8 Å². The second kappa shape index (κ2) is 10.2. The minimum atomic E-state index is -0.821. The van der Waals surface area contributed by atoms with Crippen molar-refractivity contribution in [1.82, 2.24) is 0 Å². The van der Waals surface area contributed by atoms with E-state index in [2.05, 4.69) is 38.8 Å². The number of halogens is 2. The molecular formula is C16H28Br2O3. The van der Waals surface area contributed by atoms with E-state index < -0.39 is 11.6 Å². The molecule has 1 N–H and O–H groups in total. The van der Waals surface area contributed by atoms with Crippen LogP contribution in [0.5, 0.6) is 0 Å². The molecule has 0 amide bonds. The van der Waals surface area contributed by atoms with Gasteiger partial charge in [0.2, 0.25) is 0 Å². The summed E-state index contributed by atoms with van der Waals surface area (Å²) >= 11 is 7.56. The third kappa shape index (κ3) is 7.47. The zero-order chi connectivity index (χ0) is 15.7. The molecule has 1 aliphatic rings. The van der Waals surface area contributed by atoms with Gasteiger partial charge in [0.05, 0.1) is 6.61 Å². The molecule has 5 heteroatoms. The maximum absolute atomic E-state index is 10.9. The van der Waals surface area contributed by atoms with Gasteiger partial charge in [-0.25, -0.2) is 4.79 Å². The molecule has 0 aromatic heterocycles. The predicted octanol–water partition coefficient (Wildman–Crippen LogP) is 5.29. The summed E-state index contributed by atoms with van der Waals surface area (Å²) in [5.41, 5.74) is -0.821. The van der Waals surface area contributed by atoms with E-state index in [9.17, 15) is 4.79 Å². The molecule has 0 aromatic rings. The monoisotopic (exact) mass is 426 g/mol. The van der Waals surface area contributed by atoms with E-state index in [-0.39, 0.29) is 0 Å². The molecule has 1 saturated heterocycles. The van der Waals surface area contributed by atoms with E-state index >= 15 is 0 Å². The SMILES string of the molecule is CCCCCC(Br)C(Br)CCCCCCC1(C(=O)O)CO1. The highest BCUT2D eigenvalue weighted by Crippen LogP contribution is 2.33. The number of unbranched alkanes of at least 4 members (excludes halogenated alkanes) is 5. The van der Waals surface area contributed by atoms with E-state index in [0.717, 1.165) is 12.8 Å². The maximum atomic E-state index is 10.9. The number of rotatable bonds is 13. The van der Waals surface area contributed by atoms with Gasteiger partial charge in [0, 0.05) is 9.65 Å². The van der Waals surface area contributed by atoms with Crippen LogP contribution >= 0.6 is 31.9 Å². The standard InChI is InChI=1S/C16H28Br2O3/c1-2-3-6-9-13(17)14(18)10-7-4-5-8-11-16(12-21-16)15(19)20/h13-14H,2-12H2,1H3,(H,19,20). The number of aliphatic carboxylic acids is 1. The van der Waals surface area contributed by atoms with Gasteiger partial charge < -0.3 is 9.84 Å². The van der Waals surface area contributed by atoms with E-state index in [4.69, 9.17) is 9.84 Å². The van der Waals surface area contributed by atoms with Gasteiger partial charge >= 0.3 is 5.97 Å². The highest BCUT2D eigenvalue weighted by atomic mass is 79.9. The summed E-state index contributed by atoms with van der Waals surface area (Å²) in [6.45, 7) is 2.63. The zero-order valence-corrected chi connectivity index (χ0v) is 16.1. The second-order valence-electron chi connectivity index (χ2n) is 6.07. The van der Waals surface area contributed by atoms with Gasteiger partial charge in [-0.2, -0.15) is 0 Å². The molecule has 0 spiro atoms. The Kier molecular flexibility index (Phi) is 9.46. The average Bonchev–Trinajstić information content (AvgIpc) is 3.23. The van der Waals surface area contributed by atoms with Crippen LogP contribution in [0.4, 0.5) is 0 Å². The lowest BCUT2D eigenvalue weighted by molar-refractivity contribution is -0.143. The van der Waals surface area contributed by atoms with Crippen molar-refractivity contribution in [2.45, 2.75) is 86.4 Å². The normalized spacial score (nSPS) is 23.8. The van der Waals surface area contributed by atoms with Gasteiger partial charge in [0.25, 0.3) is 0 Å². The fraction of sp³-hybridized carbons (Fsp3) is 0.938. The van der Waals surface area contributed by atoms with Crippen LogP contribution < -0.4 is 0 Å². The number of hydrogen-bond donors (Lipinski definition) is 1. The largest absolute Gasteiger partial charge is 0.479 e. The van der Waals surface area contributed by atoms with Gasteiger partial charge in [-0.1, -0.05) is 77.3 Å². The quantitative estimate of drug-likeness (QED) is 0.247. The van der Waals surface area contributed by atoms with Gasteiger partial charge in [0.15, 0.2) is 5.60 Å². The summed E-state index contributed by atoms with van der Waals surface area (Å²) in [5.74, 6) is -0.794. The number of carbonyl (C=O) groups is 1. The Balaban J connectivity index is 1.97. The van der Waals surface area contributed by atoms with Crippen molar-refractivity contribution in [3.8, 4) is 0 Å². The highest BCUT2D eigenvalue weighted by Gasteiger charge is 2.51. The van der Waals surface area contributed by atoms with Crippen LogP contribution in [-0.4, -0.2) is 32.9 Å². The lowest BCUT2D eigenvalue weighted by Crippen LogP contribution is -2.23. The number of hydrogen-bond acceptors (Lipinski definition) is 2. The van der Waals surface area contributed by atoms with Crippen LogP contribution in [0, 0.1) is 0 Å². The first-order valence-corrected chi connectivity index (χ1v) is 10.0. The number of carboxylic acids is 1. The molecule has 1 fully saturated rings. The van der Waals surface area contributed by atoms with Crippen molar-refractivity contribution in [2.75, 3.05) is 6.61 Å². The summed E-state index contributed by atoms with van der Waals surface area (Å²) in [7, 11) is 0. The molecule has 3 nitrogen and oxygen atoms in total. The van der Waals surface area contributed by atoms with Crippen molar-refractivity contribution < 1.29 is 14.6 Å². The molecule has 0 bridgehead atoms. The van der Waals surface area contributed by atoms with Gasteiger partial charge in [-0.05, 0) is 25.7 Å². The van der Waals surface area contributed by atoms with E-state index in [1.807, 2.05) is 0 Å². The molecule has 3 atom stereocenters. The molecule has 21 heavy (non-hydrogen) atoms. The number of carboxylic acid groups (broad SMARTS) is 1. The number of alkyl halides is 2. The average molecular weight is 428 g/mol. The first kappa shape index (κ1) is 19.4. The number of ether oxygens (including phenoxy) is 1. The first-order valence-electron chi connectivity index (χ1n) is 8.17. The van der Waals surface area contributed by atoms with Crippen molar-refractivity contribution >= 4 is 37.8 Å². The van der Waals surface area contributed by atoms with Crippen LogP contribution in [0.3, 0.4) is 0 Å². The van der Waals surface area contributed by atoms with Crippen LogP contribution in [0.1, 0.15) is 71.1 Å². The lowest BCUT2D eigenvalue weighted by Gasteiger charge is -2.16. The third-order valence-electron chi connectivity index (χ3n) is 4.17. The molecule has 0 aliphatic carbocycles. The third-order valence-corrected chi connectivity index (χ3v) is 7.07. The fourth-order valence-corrected chi connectivity index (χ4v) is 3.69. The lowest BCUT2D eigenvalue weighted by atomic mass is 10.0. The van der Waals surface area contributed by atoms with Crippen molar-refractivity contribution in [3.05, 3.63) is 0 Å². The molecule has 0 radical (unpaired) electrons. The Morgan fingerprint density at radius 2 is 1.62 bits per heavy atom. The molecule has 1 rings (SSSR count). The van der Waals surface area contributed by atoms with E-state index in [0.29, 0.717) is 22.7 Å². The molecule has 0 aromatic carbocycles. The molecular weight excluding hydrogens is 400 g/mol. The summed E-state index contributed by atoms with van der Waals surface area (Å²) in [5, 5.41) is 8.99. The van der Waals surface area contributed by atoms with Crippen LogP contribution in [-0.2, 0) is 9.53 Å². The Morgan fingerprint density at radius 3 is 2.10 bits per heavy atom. The maximum Gasteiger partial charge on any atom is 0.338 e. The van der Waals surface area contributed by atoms with Gasteiger partial charge in [-0.3, -0.25) is 0 Å². The molecule has 1 aliphatic heterocycles. The van der Waals surface area contributed by atoms with E-state index in [1.165, 1.54) is 44.9 Å². The fourth-order valence-electron chi connectivity index (χ4n) is 2.52. The van der Waals surface area contributed by atoms with Crippen molar-refractivity contribution in [3.63, 3.8) is 0 Å². The molecule has 3 unspecified atom stereocenters. The van der Waals surface area contributed by atoms with Crippen LogP contribution in [0.15, 0.2) is 0 Å². The Labute approximate surface area is 145 Å². The Morgan fingerprint density at radius 1 is 1.10 bits per heavy atom. The first-order chi connectivity index (χ1) is 10.0. The van der Waals surface area contributed by atoms with Gasteiger partial charge in [0.1, 0.15) is 0 Å². The molecule has 1 heterocycles. The van der Waals surface area contributed by atoms with E-state index in [1.54, 1.807) is 0 Å². The summed E-state index contributed by atoms with van der Waals surface area (Å²) in [4.78, 5) is 12.1. The highest BCUT2D eigenvalue weighted by molar-refractivity contribution is 9.12. The molecule has 0 saturated carbocycles. The van der Waals surface area contributed by atoms with Crippen LogP contribution in [0.25, 0.3) is 0 Å². The minimum absolute atomic E-state index is 0.398. The predicted molar refractivity (Wildman–Crippen MR) is 93.6 cm³/mol. The van der Waals surface area contributed by atoms with Crippen molar-refractivity contribution in [2.24, 2.45) is 0 Å². The Hall–Kier alpha value is 0.390. The smallest absolute Gasteiger partial charge is 0.338 e. The second-order valence-corrected chi connectivity index (χ2v) is 8.42. The van der Waals surface area contributed by atoms with Crippen LogP contribution in [0.2, 0.25) is 0 Å². The summed E-state index contributed by atoms with van der Waals surface area (Å²) in [6, 6.07) is 0. The Bertz CT molecular complexity index is 306. The summed E-state index contributed by atoms with van der Waals surface area (Å²) in [6.07, 6.45) is 11.4.